The van der Waals surface area contributed by atoms with Crippen LogP contribution in [0.3, 0.4) is 0 Å². The molecular formula is C11H15N3OS. The number of aromatic amines is 1. The Balaban J connectivity index is 2.12. The van der Waals surface area contributed by atoms with Crippen LogP contribution in [-0.4, -0.2) is 32.2 Å². The minimum atomic E-state index is -0.791. The van der Waals surface area contributed by atoms with E-state index in [2.05, 4.69) is 15.3 Å². The number of hydrogen-bond acceptors (Lipinski definition) is 3. The zero-order valence-electron chi connectivity index (χ0n) is 9.36. The van der Waals surface area contributed by atoms with Gasteiger partial charge in [-0.05, 0) is 19.1 Å². The SMILES string of the molecule is CC(CS(C)=O)Nc1nc2ccccc2[nH]1. The quantitative estimate of drug-likeness (QED) is 0.851. The van der Waals surface area contributed by atoms with Crippen LogP contribution in [0.5, 0.6) is 0 Å². The number of fused-ring (bicyclic) bond motifs is 1. The van der Waals surface area contributed by atoms with Crippen LogP contribution in [0, 0.1) is 0 Å². The van der Waals surface area contributed by atoms with E-state index in [1.165, 1.54) is 0 Å². The molecule has 0 aliphatic carbocycles. The summed E-state index contributed by atoms with van der Waals surface area (Å²) >= 11 is 0. The topological polar surface area (TPSA) is 57.8 Å². The summed E-state index contributed by atoms with van der Waals surface area (Å²) in [6, 6.07) is 8.01. The summed E-state index contributed by atoms with van der Waals surface area (Å²) in [7, 11) is -0.791. The van der Waals surface area contributed by atoms with Gasteiger partial charge < -0.3 is 10.3 Å². The van der Waals surface area contributed by atoms with E-state index >= 15 is 0 Å². The van der Waals surface area contributed by atoms with Crippen molar-refractivity contribution in [3.8, 4) is 0 Å². The van der Waals surface area contributed by atoms with Crippen molar-refractivity contribution in [3.05, 3.63) is 24.3 Å². The number of anilines is 1. The van der Waals surface area contributed by atoms with Crippen LogP contribution >= 0.6 is 0 Å². The lowest BCUT2D eigenvalue weighted by molar-refractivity contribution is 0.682. The number of imidazole rings is 1. The van der Waals surface area contributed by atoms with Crippen LogP contribution in [0.15, 0.2) is 24.3 Å². The molecule has 2 N–H and O–H groups in total. The summed E-state index contributed by atoms with van der Waals surface area (Å²) in [5.41, 5.74) is 1.95. The van der Waals surface area contributed by atoms with Crippen molar-refractivity contribution in [3.63, 3.8) is 0 Å². The normalized spacial score (nSPS) is 14.9. The Kier molecular flexibility index (Phi) is 3.24. The minimum absolute atomic E-state index is 0.145. The predicted molar refractivity (Wildman–Crippen MR) is 68.1 cm³/mol. The fraction of sp³-hybridized carbons (Fsp3) is 0.364. The minimum Gasteiger partial charge on any atom is -0.352 e. The van der Waals surface area contributed by atoms with Crippen molar-refractivity contribution >= 4 is 27.8 Å². The molecule has 2 rings (SSSR count). The number of hydrogen-bond donors (Lipinski definition) is 2. The van der Waals surface area contributed by atoms with Crippen molar-refractivity contribution in [2.75, 3.05) is 17.3 Å². The molecule has 16 heavy (non-hydrogen) atoms. The Morgan fingerprint density at radius 2 is 2.25 bits per heavy atom. The average Bonchev–Trinajstić information content (AvgIpc) is 2.57. The molecule has 0 saturated heterocycles. The van der Waals surface area contributed by atoms with Crippen LogP contribution in [0.2, 0.25) is 0 Å². The van der Waals surface area contributed by atoms with Gasteiger partial charge in [0.2, 0.25) is 5.95 Å². The molecule has 0 fully saturated rings. The molecule has 1 aromatic heterocycles. The molecular weight excluding hydrogens is 222 g/mol. The Morgan fingerprint density at radius 3 is 2.94 bits per heavy atom. The first-order chi connectivity index (χ1) is 7.65. The standard InChI is InChI=1S/C11H15N3OS/c1-8(7-16(2)15)12-11-13-9-5-3-4-6-10(9)14-11/h3-6,8H,7H2,1-2H3,(H2,12,13,14). The lowest BCUT2D eigenvalue weighted by Gasteiger charge is -2.10. The second kappa shape index (κ2) is 4.65. The first-order valence-electron chi connectivity index (χ1n) is 5.16. The van der Waals surface area contributed by atoms with Gasteiger partial charge in [0.05, 0.1) is 11.0 Å². The Hall–Kier alpha value is -1.36. The smallest absolute Gasteiger partial charge is 0.201 e. The molecule has 0 bridgehead atoms. The second-order valence-electron chi connectivity index (χ2n) is 3.89. The highest BCUT2D eigenvalue weighted by atomic mass is 32.2. The van der Waals surface area contributed by atoms with E-state index in [1.54, 1.807) is 6.26 Å². The Morgan fingerprint density at radius 1 is 1.50 bits per heavy atom. The second-order valence-corrected chi connectivity index (χ2v) is 5.37. The number of H-pyrrole nitrogens is 1. The molecule has 0 aliphatic heterocycles. The van der Waals surface area contributed by atoms with E-state index in [1.807, 2.05) is 31.2 Å². The van der Waals surface area contributed by atoms with E-state index in [4.69, 9.17) is 0 Å². The van der Waals surface area contributed by atoms with Crippen molar-refractivity contribution in [1.29, 1.82) is 0 Å². The number of benzene rings is 1. The molecule has 0 amide bonds. The van der Waals surface area contributed by atoms with E-state index in [0.717, 1.165) is 17.0 Å². The van der Waals surface area contributed by atoms with Gasteiger partial charge in [-0.3, -0.25) is 4.21 Å². The van der Waals surface area contributed by atoms with Gasteiger partial charge in [0, 0.05) is 28.9 Å². The monoisotopic (exact) mass is 237 g/mol. The molecule has 0 radical (unpaired) electrons. The van der Waals surface area contributed by atoms with Crippen molar-refractivity contribution < 1.29 is 4.21 Å². The van der Waals surface area contributed by atoms with Crippen LogP contribution in [0.4, 0.5) is 5.95 Å². The summed E-state index contributed by atoms with van der Waals surface area (Å²) < 4.78 is 11.1. The van der Waals surface area contributed by atoms with Gasteiger partial charge >= 0.3 is 0 Å². The maximum atomic E-state index is 11.1. The molecule has 5 heteroatoms. The third-order valence-electron chi connectivity index (χ3n) is 2.26. The first-order valence-corrected chi connectivity index (χ1v) is 6.89. The largest absolute Gasteiger partial charge is 0.352 e. The highest BCUT2D eigenvalue weighted by molar-refractivity contribution is 7.84. The van der Waals surface area contributed by atoms with Crippen molar-refractivity contribution in [1.82, 2.24) is 9.97 Å². The zero-order valence-corrected chi connectivity index (χ0v) is 10.2. The molecule has 1 aromatic carbocycles. The molecule has 4 nitrogen and oxygen atoms in total. The molecule has 86 valence electrons. The Labute approximate surface area is 96.9 Å². The van der Waals surface area contributed by atoms with E-state index in [0.29, 0.717) is 5.75 Å². The zero-order chi connectivity index (χ0) is 11.5. The maximum Gasteiger partial charge on any atom is 0.201 e. The number of aromatic nitrogens is 2. The van der Waals surface area contributed by atoms with Crippen LogP contribution in [0.1, 0.15) is 6.92 Å². The predicted octanol–water partition coefficient (Wildman–Crippen LogP) is 1.74. The number of rotatable bonds is 4. The van der Waals surface area contributed by atoms with Gasteiger partial charge in [0.15, 0.2) is 0 Å². The average molecular weight is 237 g/mol. The molecule has 0 spiro atoms. The van der Waals surface area contributed by atoms with Gasteiger partial charge in [0.25, 0.3) is 0 Å². The van der Waals surface area contributed by atoms with Crippen LogP contribution in [0.25, 0.3) is 11.0 Å². The third-order valence-corrected chi connectivity index (χ3v) is 3.23. The fourth-order valence-corrected chi connectivity index (χ4v) is 2.44. The Bertz CT molecular complexity index is 476. The van der Waals surface area contributed by atoms with Crippen LogP contribution < -0.4 is 5.32 Å². The summed E-state index contributed by atoms with van der Waals surface area (Å²) in [5.74, 6) is 1.36. The van der Waals surface area contributed by atoms with E-state index < -0.39 is 10.8 Å². The summed E-state index contributed by atoms with van der Waals surface area (Å²) in [6.45, 7) is 1.99. The molecule has 2 unspecified atom stereocenters. The first kappa shape index (κ1) is 11.1. The number of para-hydroxylation sites is 2. The highest BCUT2D eigenvalue weighted by Gasteiger charge is 2.07. The van der Waals surface area contributed by atoms with Gasteiger partial charge in [-0.1, -0.05) is 12.1 Å². The molecule has 2 atom stereocenters. The highest BCUT2D eigenvalue weighted by Crippen LogP contribution is 2.13. The lowest BCUT2D eigenvalue weighted by atomic mass is 10.3. The number of nitrogens with zero attached hydrogens (tertiary/aromatic N) is 1. The van der Waals surface area contributed by atoms with E-state index in [9.17, 15) is 4.21 Å². The summed E-state index contributed by atoms with van der Waals surface area (Å²) in [6.07, 6.45) is 1.71. The van der Waals surface area contributed by atoms with Crippen molar-refractivity contribution in [2.45, 2.75) is 13.0 Å². The molecule has 1 heterocycles. The van der Waals surface area contributed by atoms with Crippen LogP contribution in [-0.2, 0) is 10.8 Å². The summed E-state index contributed by atoms with van der Waals surface area (Å²) in [4.78, 5) is 7.57. The third kappa shape index (κ3) is 2.61. The molecule has 0 saturated carbocycles. The van der Waals surface area contributed by atoms with Gasteiger partial charge in [-0.25, -0.2) is 4.98 Å². The van der Waals surface area contributed by atoms with Gasteiger partial charge in [0.1, 0.15) is 0 Å². The lowest BCUT2D eigenvalue weighted by Crippen LogP contribution is -2.22. The molecule has 0 aliphatic rings. The van der Waals surface area contributed by atoms with Crippen molar-refractivity contribution in [2.24, 2.45) is 0 Å². The fourth-order valence-electron chi connectivity index (χ4n) is 1.65. The molecule has 2 aromatic rings. The summed E-state index contributed by atoms with van der Waals surface area (Å²) in [5, 5.41) is 3.20. The van der Waals surface area contributed by atoms with E-state index in [-0.39, 0.29) is 6.04 Å². The van der Waals surface area contributed by atoms with Gasteiger partial charge in [-0.15, -0.1) is 0 Å². The number of nitrogens with one attached hydrogen (secondary N) is 2. The van der Waals surface area contributed by atoms with Gasteiger partial charge in [-0.2, -0.15) is 0 Å². The maximum absolute atomic E-state index is 11.1.